The van der Waals surface area contributed by atoms with Crippen molar-refractivity contribution in [2.75, 3.05) is 6.61 Å². The summed E-state index contributed by atoms with van der Waals surface area (Å²) in [6.45, 7) is 2.69. The first-order valence-corrected chi connectivity index (χ1v) is 14.9. The fraction of sp³-hybridized carbons (Fsp3) is 0.297. The third-order valence-electron chi connectivity index (χ3n) is 7.99. The van der Waals surface area contributed by atoms with Crippen molar-refractivity contribution < 1.29 is 24.2 Å². The number of hydrogen-bond donors (Lipinski definition) is 1. The number of aryl methyl sites for hydroxylation is 1. The first-order chi connectivity index (χ1) is 20.5. The van der Waals surface area contributed by atoms with E-state index >= 15 is 0 Å². The Labute approximate surface area is 248 Å². The predicted molar refractivity (Wildman–Crippen MR) is 165 cm³/mol. The normalized spacial score (nSPS) is 15.5. The van der Waals surface area contributed by atoms with Gasteiger partial charge in [-0.2, -0.15) is 0 Å². The van der Waals surface area contributed by atoms with E-state index in [1.54, 1.807) is 0 Å². The van der Waals surface area contributed by atoms with Gasteiger partial charge in [-0.3, -0.25) is 4.79 Å². The number of carboxylic acid groups (broad SMARTS) is 1. The summed E-state index contributed by atoms with van der Waals surface area (Å²) in [5, 5.41) is 9.24. The topological polar surface area (TPSA) is 72.8 Å². The lowest BCUT2D eigenvalue weighted by Crippen LogP contribution is -2.20. The molecule has 4 aromatic rings. The molecule has 2 atom stereocenters. The lowest BCUT2D eigenvalue weighted by molar-refractivity contribution is -0.148. The summed E-state index contributed by atoms with van der Waals surface area (Å²) < 4.78 is 12.4. The van der Waals surface area contributed by atoms with Crippen LogP contribution in [0.2, 0.25) is 0 Å². The van der Waals surface area contributed by atoms with Gasteiger partial charge < -0.3 is 14.6 Å². The molecule has 1 heterocycles. The van der Waals surface area contributed by atoms with Gasteiger partial charge in [-0.15, -0.1) is 0 Å². The van der Waals surface area contributed by atoms with Crippen LogP contribution in [0.15, 0.2) is 97.1 Å². The van der Waals surface area contributed by atoms with Crippen LogP contribution in [0, 0.1) is 0 Å². The number of unbranched alkanes of at least 4 members (excludes halogenated alkanes) is 1. The molecule has 0 radical (unpaired) electrons. The van der Waals surface area contributed by atoms with Crippen LogP contribution in [0.5, 0.6) is 11.5 Å². The van der Waals surface area contributed by atoms with Crippen LogP contribution in [0.1, 0.15) is 60.8 Å². The van der Waals surface area contributed by atoms with Crippen LogP contribution in [0.25, 0.3) is 11.1 Å². The number of carboxylic acids is 1. The number of ketones is 1. The van der Waals surface area contributed by atoms with E-state index in [0.29, 0.717) is 23.8 Å². The van der Waals surface area contributed by atoms with Gasteiger partial charge in [0.15, 0.2) is 0 Å². The van der Waals surface area contributed by atoms with E-state index in [1.807, 2.05) is 42.5 Å². The standard InChI is InChI=1S/C37H38O5/c1-2-3-14-36-32(31-13-7-8-15-35(31)42-36)23-27-16-18-28(19-17-27)29-20-21-34(30(24-29)25-33(38)37(39)40)41-22-9-12-26-10-5-4-6-11-26/h4-8,10-11,13,15-21,24,32,36H,2-3,9,12,14,22-23,25H2,1H3,(H,39,40). The van der Waals surface area contributed by atoms with Gasteiger partial charge in [-0.05, 0) is 66.1 Å². The molecular formula is C37H38O5. The van der Waals surface area contributed by atoms with Gasteiger partial charge in [0.25, 0.3) is 0 Å². The molecule has 0 saturated heterocycles. The number of carbonyl (C=O) groups excluding carboxylic acids is 1. The Morgan fingerprint density at radius 2 is 1.57 bits per heavy atom. The summed E-state index contributed by atoms with van der Waals surface area (Å²) in [5.41, 5.74) is 6.27. The molecule has 216 valence electrons. The van der Waals surface area contributed by atoms with Gasteiger partial charge in [0.2, 0.25) is 5.78 Å². The molecular weight excluding hydrogens is 524 g/mol. The molecule has 5 rings (SSSR count). The van der Waals surface area contributed by atoms with Crippen LogP contribution in [-0.2, 0) is 28.9 Å². The van der Waals surface area contributed by atoms with Gasteiger partial charge in [0.1, 0.15) is 17.6 Å². The molecule has 1 aliphatic rings. The SMILES string of the molecule is CCCCC1Oc2ccccc2C1Cc1ccc(-c2ccc(OCCCc3ccccc3)c(CC(=O)C(=O)O)c2)cc1. The average molecular weight is 563 g/mol. The van der Waals surface area contributed by atoms with Gasteiger partial charge in [-0.1, -0.05) is 98.6 Å². The molecule has 42 heavy (non-hydrogen) atoms. The molecule has 1 aliphatic heterocycles. The van der Waals surface area contributed by atoms with Crippen LogP contribution in [0.4, 0.5) is 0 Å². The van der Waals surface area contributed by atoms with Gasteiger partial charge in [0.05, 0.1) is 6.61 Å². The van der Waals surface area contributed by atoms with E-state index in [2.05, 4.69) is 61.5 Å². The Balaban J connectivity index is 1.29. The number of hydrogen-bond acceptors (Lipinski definition) is 4. The third kappa shape index (κ3) is 7.27. The van der Waals surface area contributed by atoms with E-state index in [-0.39, 0.29) is 12.5 Å². The van der Waals surface area contributed by atoms with Gasteiger partial charge >= 0.3 is 5.97 Å². The molecule has 0 saturated carbocycles. The van der Waals surface area contributed by atoms with Crippen molar-refractivity contribution in [3.63, 3.8) is 0 Å². The van der Waals surface area contributed by atoms with Crippen molar-refractivity contribution >= 4 is 11.8 Å². The molecule has 0 fully saturated rings. The van der Waals surface area contributed by atoms with Crippen molar-refractivity contribution in [3.8, 4) is 22.6 Å². The first-order valence-electron chi connectivity index (χ1n) is 14.9. The zero-order chi connectivity index (χ0) is 29.3. The maximum Gasteiger partial charge on any atom is 0.372 e. The number of rotatable bonds is 14. The van der Waals surface area contributed by atoms with E-state index in [0.717, 1.165) is 55.4 Å². The minimum absolute atomic E-state index is 0.191. The molecule has 5 heteroatoms. The number of para-hydroxylation sites is 1. The molecule has 0 spiro atoms. The second-order valence-corrected chi connectivity index (χ2v) is 11.0. The molecule has 0 amide bonds. The van der Waals surface area contributed by atoms with Crippen molar-refractivity contribution in [2.45, 2.75) is 63.9 Å². The second kappa shape index (κ2) is 14.0. The number of Topliss-reactive ketones (excluding diaryl/α,β-unsaturated/α-hetero) is 1. The van der Waals surface area contributed by atoms with E-state index < -0.39 is 11.8 Å². The van der Waals surface area contributed by atoms with Crippen LogP contribution in [0.3, 0.4) is 0 Å². The minimum atomic E-state index is -1.44. The van der Waals surface area contributed by atoms with Crippen LogP contribution in [-0.4, -0.2) is 29.6 Å². The lowest BCUT2D eigenvalue weighted by Gasteiger charge is -2.19. The summed E-state index contributed by atoms with van der Waals surface area (Å²) in [6.07, 6.45) is 5.92. The Bertz CT molecular complexity index is 1490. The number of ether oxygens (including phenoxy) is 2. The Kier molecular flexibility index (Phi) is 9.70. The summed E-state index contributed by atoms with van der Waals surface area (Å²) in [6, 6.07) is 32.8. The zero-order valence-corrected chi connectivity index (χ0v) is 24.1. The van der Waals surface area contributed by atoms with Crippen molar-refractivity contribution in [3.05, 3.63) is 119 Å². The summed E-state index contributed by atoms with van der Waals surface area (Å²) in [4.78, 5) is 23.5. The van der Waals surface area contributed by atoms with Gasteiger partial charge in [-0.25, -0.2) is 4.79 Å². The third-order valence-corrected chi connectivity index (χ3v) is 7.99. The fourth-order valence-electron chi connectivity index (χ4n) is 5.72. The fourth-order valence-corrected chi connectivity index (χ4v) is 5.72. The van der Waals surface area contributed by atoms with E-state index in [1.165, 1.54) is 16.7 Å². The maximum atomic E-state index is 12.2. The average Bonchev–Trinajstić information content (AvgIpc) is 3.36. The van der Waals surface area contributed by atoms with Crippen LogP contribution >= 0.6 is 0 Å². The monoisotopic (exact) mass is 562 g/mol. The number of carbonyl (C=O) groups is 2. The highest BCUT2D eigenvalue weighted by atomic mass is 16.5. The molecule has 5 nitrogen and oxygen atoms in total. The Morgan fingerprint density at radius 1 is 0.833 bits per heavy atom. The predicted octanol–water partition coefficient (Wildman–Crippen LogP) is 7.84. The molecule has 4 aromatic carbocycles. The lowest BCUT2D eigenvalue weighted by atomic mass is 9.86. The highest BCUT2D eigenvalue weighted by Gasteiger charge is 2.33. The Hall–Kier alpha value is -4.38. The molecule has 0 aliphatic carbocycles. The Morgan fingerprint density at radius 3 is 2.33 bits per heavy atom. The molecule has 0 aromatic heterocycles. The number of aliphatic carboxylic acids is 1. The largest absolute Gasteiger partial charge is 0.493 e. The summed E-state index contributed by atoms with van der Waals surface area (Å²) >= 11 is 0. The summed E-state index contributed by atoms with van der Waals surface area (Å²) in [5.74, 6) is -0.407. The van der Waals surface area contributed by atoms with Crippen LogP contribution < -0.4 is 9.47 Å². The number of benzene rings is 4. The minimum Gasteiger partial charge on any atom is -0.493 e. The first kappa shape index (κ1) is 29.1. The van der Waals surface area contributed by atoms with Crippen molar-refractivity contribution in [2.24, 2.45) is 0 Å². The smallest absolute Gasteiger partial charge is 0.372 e. The van der Waals surface area contributed by atoms with Gasteiger partial charge in [0, 0.05) is 23.5 Å². The molecule has 0 bridgehead atoms. The highest BCUT2D eigenvalue weighted by Crippen LogP contribution is 2.42. The quantitative estimate of drug-likeness (QED) is 0.125. The van der Waals surface area contributed by atoms with Crippen molar-refractivity contribution in [1.29, 1.82) is 0 Å². The maximum absolute atomic E-state index is 12.2. The van der Waals surface area contributed by atoms with Crippen molar-refractivity contribution in [1.82, 2.24) is 0 Å². The number of fused-ring (bicyclic) bond motifs is 1. The van der Waals surface area contributed by atoms with E-state index in [4.69, 9.17) is 9.47 Å². The molecule has 1 N–H and O–H groups in total. The molecule has 2 unspecified atom stereocenters. The van der Waals surface area contributed by atoms with E-state index in [9.17, 15) is 14.7 Å². The summed E-state index contributed by atoms with van der Waals surface area (Å²) in [7, 11) is 0. The second-order valence-electron chi connectivity index (χ2n) is 11.0. The highest BCUT2D eigenvalue weighted by molar-refractivity contribution is 6.33. The zero-order valence-electron chi connectivity index (χ0n) is 24.1.